The minimum absolute atomic E-state index is 0.547. The second-order valence-corrected chi connectivity index (χ2v) is 9.78. The lowest BCUT2D eigenvalue weighted by Crippen LogP contribution is -2.33. The van der Waals surface area contributed by atoms with Gasteiger partial charge in [0.1, 0.15) is 11.6 Å². The molecule has 1 aliphatic heterocycles. The Morgan fingerprint density at radius 2 is 2.08 bits per heavy atom. The van der Waals surface area contributed by atoms with E-state index in [1.54, 1.807) is 24.5 Å². The largest absolute Gasteiger partial charge is 0.465 e. The Hall–Kier alpha value is -3.07. The number of rotatable bonds is 10. The molecule has 1 aromatic heterocycles. The second kappa shape index (κ2) is 12.8. The molecule has 0 radical (unpaired) electrons. The van der Waals surface area contributed by atoms with Crippen molar-refractivity contribution in [2.24, 2.45) is 16.8 Å². The highest BCUT2D eigenvalue weighted by Crippen LogP contribution is 2.33. The maximum atomic E-state index is 6.38. The van der Waals surface area contributed by atoms with Gasteiger partial charge in [-0.05, 0) is 55.5 Å². The van der Waals surface area contributed by atoms with Gasteiger partial charge in [0, 0.05) is 70.4 Å². The molecule has 0 atom stereocenters. The first-order valence-corrected chi connectivity index (χ1v) is 12.8. The number of benzene rings is 1. The lowest BCUT2D eigenvalue weighted by molar-refractivity contribution is 0.317. The predicted molar refractivity (Wildman–Crippen MR) is 150 cm³/mol. The number of anilines is 3. The fraction of sp³-hybridized carbons (Fsp3) is 0.407. The fourth-order valence-electron chi connectivity index (χ4n) is 4.30. The zero-order chi connectivity index (χ0) is 25.3. The van der Waals surface area contributed by atoms with Crippen molar-refractivity contribution >= 4 is 35.0 Å². The number of hydrogen-bond donors (Lipinski definition) is 2. The highest BCUT2D eigenvalue weighted by molar-refractivity contribution is 6.39. The summed E-state index contributed by atoms with van der Waals surface area (Å²) in [5.74, 6) is 8.56. The maximum Gasteiger partial charge on any atom is 0.128 e. The molecule has 8 nitrogen and oxygen atoms in total. The average molecular weight is 510 g/mol. The number of hydrogen-bond acceptors (Lipinski definition) is 8. The molecule has 4 N–H and O–H groups in total. The SMILES string of the molecule is CN=C/C(Cl)=C\C(=C\Oc1ccc(N(N)CC2CC2)c(N)c1)CN1CCCN(c2ccccn2)CC1. The first-order valence-electron chi connectivity index (χ1n) is 12.5. The molecule has 0 bridgehead atoms. The smallest absolute Gasteiger partial charge is 0.128 e. The molecule has 2 aliphatic rings. The summed E-state index contributed by atoms with van der Waals surface area (Å²) in [7, 11) is 1.70. The van der Waals surface area contributed by atoms with Gasteiger partial charge in [-0.25, -0.2) is 10.8 Å². The van der Waals surface area contributed by atoms with E-state index in [9.17, 15) is 0 Å². The van der Waals surface area contributed by atoms with E-state index in [-0.39, 0.29) is 0 Å². The molecular weight excluding hydrogens is 474 g/mol. The normalized spacial score (nSPS) is 17.9. The molecule has 2 fully saturated rings. The standard InChI is InChI=1S/C27H36ClN7O/c1-31-17-23(28)15-22(18-33-11-4-12-34(14-13-33)27-5-2-3-10-32-27)20-36-24-8-9-26(25(29)16-24)35(30)19-21-6-7-21/h2-3,5,8-10,15-17,20-21H,4,6-7,11-14,18-19,29-30H2,1H3/b22-20-,23-15+,31-17?. The quantitative estimate of drug-likeness (QED) is 0.124. The molecule has 1 aromatic carbocycles. The Bertz CT molecular complexity index is 1080. The van der Waals surface area contributed by atoms with E-state index in [2.05, 4.69) is 25.8 Å². The van der Waals surface area contributed by atoms with Gasteiger partial charge in [0.15, 0.2) is 0 Å². The Balaban J connectivity index is 1.42. The van der Waals surface area contributed by atoms with E-state index < -0.39 is 0 Å². The topological polar surface area (TPSA) is 96.2 Å². The lowest BCUT2D eigenvalue weighted by Gasteiger charge is -2.23. The third kappa shape index (κ3) is 7.71. The number of pyridine rings is 1. The van der Waals surface area contributed by atoms with Crippen LogP contribution in [0.1, 0.15) is 19.3 Å². The van der Waals surface area contributed by atoms with Crippen LogP contribution in [0.25, 0.3) is 0 Å². The van der Waals surface area contributed by atoms with Crippen LogP contribution in [0, 0.1) is 5.92 Å². The zero-order valence-corrected chi connectivity index (χ0v) is 21.6. The number of aromatic nitrogens is 1. The summed E-state index contributed by atoms with van der Waals surface area (Å²) in [6.45, 7) is 5.30. The molecule has 1 aliphatic carbocycles. The number of ether oxygens (including phenoxy) is 1. The van der Waals surface area contributed by atoms with Crippen LogP contribution < -0.4 is 26.2 Å². The Kier molecular flexibility index (Phi) is 9.22. The summed E-state index contributed by atoms with van der Waals surface area (Å²) in [6, 6.07) is 11.7. The van der Waals surface area contributed by atoms with Crippen LogP contribution in [-0.2, 0) is 0 Å². The van der Waals surface area contributed by atoms with Crippen LogP contribution >= 0.6 is 11.6 Å². The van der Waals surface area contributed by atoms with Gasteiger partial charge in [0.05, 0.1) is 22.7 Å². The number of nitrogens with two attached hydrogens (primary N) is 2. The van der Waals surface area contributed by atoms with Crippen molar-refractivity contribution in [2.75, 3.05) is 62.0 Å². The Labute approximate surface area is 218 Å². The van der Waals surface area contributed by atoms with E-state index in [4.69, 9.17) is 27.9 Å². The Morgan fingerprint density at radius 3 is 2.81 bits per heavy atom. The van der Waals surface area contributed by atoms with Crippen molar-refractivity contribution in [3.05, 3.63) is 65.5 Å². The van der Waals surface area contributed by atoms with E-state index in [1.807, 2.05) is 42.6 Å². The average Bonchev–Trinajstić information content (AvgIpc) is 3.71. The van der Waals surface area contributed by atoms with Crippen LogP contribution in [0.5, 0.6) is 5.75 Å². The highest BCUT2D eigenvalue weighted by Gasteiger charge is 2.24. The van der Waals surface area contributed by atoms with Crippen LogP contribution in [0.15, 0.2) is 70.5 Å². The highest BCUT2D eigenvalue weighted by atomic mass is 35.5. The first-order chi connectivity index (χ1) is 17.5. The maximum absolute atomic E-state index is 6.38. The van der Waals surface area contributed by atoms with Crippen LogP contribution in [0.2, 0.25) is 0 Å². The third-order valence-corrected chi connectivity index (χ3v) is 6.56. The van der Waals surface area contributed by atoms with Gasteiger partial charge in [0.25, 0.3) is 0 Å². The van der Waals surface area contributed by atoms with Gasteiger partial charge in [-0.1, -0.05) is 17.7 Å². The van der Waals surface area contributed by atoms with Gasteiger partial charge in [0.2, 0.25) is 0 Å². The summed E-state index contributed by atoms with van der Waals surface area (Å²) >= 11 is 6.38. The molecule has 36 heavy (non-hydrogen) atoms. The van der Waals surface area contributed by atoms with Crippen LogP contribution in [0.4, 0.5) is 17.2 Å². The molecule has 4 rings (SSSR count). The number of halogens is 1. The molecule has 0 amide bonds. The van der Waals surface area contributed by atoms with E-state index in [0.29, 0.717) is 28.9 Å². The summed E-state index contributed by atoms with van der Waals surface area (Å²) in [4.78, 5) is 13.3. The number of nitrogen functional groups attached to an aromatic ring is 1. The monoisotopic (exact) mass is 509 g/mol. The molecule has 2 aromatic rings. The van der Waals surface area contributed by atoms with Crippen LogP contribution in [-0.4, -0.2) is 62.4 Å². The van der Waals surface area contributed by atoms with E-state index in [1.165, 1.54) is 12.8 Å². The molecule has 1 saturated carbocycles. The number of aliphatic imine (C=N–C) groups is 1. The van der Waals surface area contributed by atoms with Crippen molar-refractivity contribution in [1.82, 2.24) is 9.88 Å². The molecular formula is C27H36ClN7O. The number of allylic oxidation sites excluding steroid dienone is 1. The predicted octanol–water partition coefficient (Wildman–Crippen LogP) is 4.05. The van der Waals surface area contributed by atoms with Crippen LogP contribution in [0.3, 0.4) is 0 Å². The summed E-state index contributed by atoms with van der Waals surface area (Å²) in [6.07, 6.45) is 10.6. The number of nitrogens with zero attached hydrogens (tertiary/aromatic N) is 5. The molecule has 0 unspecified atom stereocenters. The van der Waals surface area contributed by atoms with E-state index in [0.717, 1.165) is 56.2 Å². The van der Waals surface area contributed by atoms with Crippen molar-refractivity contribution in [1.29, 1.82) is 0 Å². The minimum atomic E-state index is 0.547. The van der Waals surface area contributed by atoms with Crippen molar-refractivity contribution < 1.29 is 4.74 Å². The molecule has 0 spiro atoms. The fourth-order valence-corrected chi connectivity index (χ4v) is 4.54. The first kappa shape index (κ1) is 26.0. The Morgan fingerprint density at radius 1 is 1.22 bits per heavy atom. The summed E-state index contributed by atoms with van der Waals surface area (Å²) in [5.41, 5.74) is 8.65. The lowest BCUT2D eigenvalue weighted by atomic mass is 10.2. The minimum Gasteiger partial charge on any atom is -0.465 e. The van der Waals surface area contributed by atoms with Gasteiger partial charge < -0.3 is 20.4 Å². The summed E-state index contributed by atoms with van der Waals surface area (Å²) < 4.78 is 6.02. The van der Waals surface area contributed by atoms with Crippen molar-refractivity contribution in [3.63, 3.8) is 0 Å². The van der Waals surface area contributed by atoms with Gasteiger partial charge in [-0.15, -0.1) is 0 Å². The number of hydrazine groups is 1. The summed E-state index contributed by atoms with van der Waals surface area (Å²) in [5, 5.41) is 2.28. The van der Waals surface area contributed by atoms with Gasteiger partial charge >= 0.3 is 0 Å². The van der Waals surface area contributed by atoms with Gasteiger partial charge in [-0.2, -0.15) is 0 Å². The molecule has 9 heteroatoms. The second-order valence-electron chi connectivity index (χ2n) is 9.35. The molecule has 192 valence electrons. The van der Waals surface area contributed by atoms with Crippen molar-refractivity contribution in [2.45, 2.75) is 19.3 Å². The molecule has 2 heterocycles. The van der Waals surface area contributed by atoms with Gasteiger partial charge in [-0.3, -0.25) is 9.89 Å². The van der Waals surface area contributed by atoms with Crippen molar-refractivity contribution in [3.8, 4) is 5.75 Å². The molecule has 1 saturated heterocycles. The van der Waals surface area contributed by atoms with E-state index >= 15 is 0 Å². The zero-order valence-electron chi connectivity index (χ0n) is 20.9. The third-order valence-electron chi connectivity index (χ3n) is 6.35.